The first-order chi connectivity index (χ1) is 12.2. The molecule has 0 radical (unpaired) electrons. The number of nitrogens with zero attached hydrogens (tertiary/aromatic N) is 2. The van der Waals surface area contributed by atoms with Gasteiger partial charge in [0.15, 0.2) is 0 Å². The Kier molecular flexibility index (Phi) is 4.22. The quantitative estimate of drug-likeness (QED) is 0.925. The Morgan fingerprint density at radius 1 is 1.24 bits per heavy atom. The highest BCUT2D eigenvalue weighted by Gasteiger charge is 2.32. The second kappa shape index (κ2) is 6.52. The van der Waals surface area contributed by atoms with Gasteiger partial charge in [0.2, 0.25) is 0 Å². The molecule has 1 aromatic carbocycles. The van der Waals surface area contributed by atoms with Crippen molar-refractivity contribution >= 4 is 16.7 Å². The lowest BCUT2D eigenvalue weighted by Gasteiger charge is -2.27. The Morgan fingerprint density at radius 3 is 2.84 bits per heavy atom. The van der Waals surface area contributed by atoms with E-state index in [0.29, 0.717) is 5.92 Å². The van der Waals surface area contributed by atoms with Crippen LogP contribution in [0, 0.1) is 5.92 Å². The minimum absolute atomic E-state index is 0.147. The number of nitrogens with one attached hydrogen (secondary N) is 1. The van der Waals surface area contributed by atoms with Gasteiger partial charge in [0, 0.05) is 42.8 Å². The Bertz CT molecular complexity index is 842. The third-order valence-electron chi connectivity index (χ3n) is 5.25. The first-order valence-corrected chi connectivity index (χ1v) is 8.95. The van der Waals surface area contributed by atoms with Crippen LogP contribution in [0.1, 0.15) is 25.5 Å². The van der Waals surface area contributed by atoms with Gasteiger partial charge in [0.1, 0.15) is 5.82 Å². The van der Waals surface area contributed by atoms with Crippen LogP contribution in [0.5, 0.6) is 0 Å². The van der Waals surface area contributed by atoms with E-state index in [1.54, 1.807) is 7.11 Å². The largest absolute Gasteiger partial charge is 0.379 e. The highest BCUT2D eigenvalue weighted by atomic mass is 16.5. The summed E-state index contributed by atoms with van der Waals surface area (Å²) in [5.74, 6) is 1.57. The van der Waals surface area contributed by atoms with Crippen LogP contribution in [0.4, 0.5) is 5.82 Å². The van der Waals surface area contributed by atoms with Crippen LogP contribution in [0.2, 0.25) is 0 Å². The zero-order valence-corrected chi connectivity index (χ0v) is 15.1. The Balaban J connectivity index is 1.80. The Morgan fingerprint density at radius 2 is 2.08 bits per heavy atom. The van der Waals surface area contributed by atoms with Crippen molar-refractivity contribution in [1.29, 1.82) is 0 Å². The number of ether oxygens (including phenoxy) is 1. The smallest absolute Gasteiger partial charge is 0.135 e. The van der Waals surface area contributed by atoms with Crippen LogP contribution in [0.15, 0.2) is 54.3 Å². The second-order valence-electron chi connectivity index (χ2n) is 7.11. The van der Waals surface area contributed by atoms with Crippen LogP contribution in [-0.2, 0) is 4.74 Å². The summed E-state index contributed by atoms with van der Waals surface area (Å²) in [7, 11) is 1.80. The van der Waals surface area contributed by atoms with E-state index in [9.17, 15) is 0 Å². The van der Waals surface area contributed by atoms with Crippen molar-refractivity contribution in [2.75, 3.05) is 25.1 Å². The average molecular weight is 335 g/mol. The van der Waals surface area contributed by atoms with E-state index in [1.807, 2.05) is 0 Å². The van der Waals surface area contributed by atoms with Gasteiger partial charge in [0.05, 0.1) is 17.7 Å². The van der Waals surface area contributed by atoms with Crippen molar-refractivity contribution in [1.82, 2.24) is 10.3 Å². The molecule has 4 heteroatoms. The lowest BCUT2D eigenvalue weighted by molar-refractivity contribution is 0.0899. The van der Waals surface area contributed by atoms with Crippen molar-refractivity contribution in [3.05, 3.63) is 59.8 Å². The van der Waals surface area contributed by atoms with Gasteiger partial charge in [-0.3, -0.25) is 0 Å². The van der Waals surface area contributed by atoms with Crippen LogP contribution >= 0.6 is 0 Å². The van der Waals surface area contributed by atoms with E-state index in [-0.39, 0.29) is 12.1 Å². The van der Waals surface area contributed by atoms with Crippen molar-refractivity contribution < 1.29 is 4.74 Å². The van der Waals surface area contributed by atoms with Gasteiger partial charge in [-0.25, -0.2) is 4.98 Å². The molecule has 0 aliphatic carbocycles. The van der Waals surface area contributed by atoms with Gasteiger partial charge in [-0.1, -0.05) is 37.3 Å². The molecular formula is C21H25N3O. The predicted molar refractivity (Wildman–Crippen MR) is 103 cm³/mol. The third kappa shape index (κ3) is 3.02. The summed E-state index contributed by atoms with van der Waals surface area (Å²) in [6.07, 6.45) is 6.69. The van der Waals surface area contributed by atoms with Crippen LogP contribution < -0.4 is 10.2 Å². The summed E-state index contributed by atoms with van der Waals surface area (Å²) in [6, 6.07) is 10.8. The molecule has 0 amide bonds. The number of pyridine rings is 1. The third-order valence-corrected chi connectivity index (χ3v) is 5.25. The first-order valence-electron chi connectivity index (χ1n) is 8.95. The number of rotatable bonds is 3. The van der Waals surface area contributed by atoms with Gasteiger partial charge in [-0.2, -0.15) is 0 Å². The van der Waals surface area contributed by atoms with Crippen LogP contribution in [-0.4, -0.2) is 31.3 Å². The molecule has 1 saturated heterocycles. The Labute approximate surface area is 149 Å². The highest BCUT2D eigenvalue weighted by molar-refractivity contribution is 5.82. The minimum Gasteiger partial charge on any atom is -0.379 e. The van der Waals surface area contributed by atoms with Gasteiger partial charge < -0.3 is 15.0 Å². The number of fused-ring (bicyclic) bond motifs is 1. The molecule has 1 fully saturated rings. The second-order valence-corrected chi connectivity index (χ2v) is 7.11. The lowest BCUT2D eigenvalue weighted by atomic mass is 10.0. The van der Waals surface area contributed by atoms with Crippen molar-refractivity contribution in [2.45, 2.75) is 26.0 Å². The van der Waals surface area contributed by atoms with Gasteiger partial charge in [-0.15, -0.1) is 0 Å². The number of anilines is 1. The summed E-state index contributed by atoms with van der Waals surface area (Å²) >= 11 is 0. The van der Waals surface area contributed by atoms with Gasteiger partial charge >= 0.3 is 0 Å². The molecule has 130 valence electrons. The van der Waals surface area contributed by atoms with Crippen molar-refractivity contribution in [3.63, 3.8) is 0 Å². The molecule has 3 atom stereocenters. The summed E-state index contributed by atoms with van der Waals surface area (Å²) in [4.78, 5) is 7.42. The summed E-state index contributed by atoms with van der Waals surface area (Å²) in [5, 5.41) is 4.75. The standard InChI is InChI=1S/C21H25N3O/c1-14-12-24(13-20(14)25-3)21-17(19-10-6-7-15(2)22-19)11-16-8-4-5-9-18(16)23-21/h4-11,14,19-20,22H,12-13H2,1-3H3/t14-,19?,20+/m0/s1. The van der Waals surface area contributed by atoms with Gasteiger partial charge in [-0.05, 0) is 25.1 Å². The number of aromatic nitrogens is 1. The summed E-state index contributed by atoms with van der Waals surface area (Å²) in [5.41, 5.74) is 3.45. The van der Waals surface area contributed by atoms with E-state index < -0.39 is 0 Å². The number of para-hydroxylation sites is 1. The summed E-state index contributed by atoms with van der Waals surface area (Å²) in [6.45, 7) is 6.22. The maximum atomic E-state index is 5.66. The predicted octanol–water partition coefficient (Wildman–Crippen LogP) is 3.81. The molecule has 1 N–H and O–H groups in total. The SMILES string of the molecule is CO[C@@H]1CN(c2nc3ccccc3cc2C2C=CC=C(C)N2)C[C@@H]1C. The molecule has 4 rings (SSSR count). The van der Waals surface area contributed by atoms with Crippen molar-refractivity contribution in [2.24, 2.45) is 5.92 Å². The topological polar surface area (TPSA) is 37.4 Å². The van der Waals surface area contributed by atoms with E-state index in [1.165, 1.54) is 16.6 Å². The van der Waals surface area contributed by atoms with Crippen LogP contribution in [0.25, 0.3) is 10.9 Å². The molecule has 1 unspecified atom stereocenters. The minimum atomic E-state index is 0.147. The maximum absolute atomic E-state index is 5.66. The van der Waals surface area contributed by atoms with E-state index in [2.05, 4.69) is 72.6 Å². The number of allylic oxidation sites excluding steroid dienone is 3. The molecular weight excluding hydrogens is 310 g/mol. The number of hydrogen-bond donors (Lipinski definition) is 1. The fourth-order valence-electron chi connectivity index (χ4n) is 3.85. The lowest BCUT2D eigenvalue weighted by Crippen LogP contribution is -2.27. The van der Waals surface area contributed by atoms with Crippen LogP contribution in [0.3, 0.4) is 0 Å². The van der Waals surface area contributed by atoms with E-state index in [0.717, 1.165) is 24.4 Å². The molecule has 25 heavy (non-hydrogen) atoms. The number of methoxy groups -OCH3 is 1. The van der Waals surface area contributed by atoms with E-state index in [4.69, 9.17) is 9.72 Å². The summed E-state index contributed by atoms with van der Waals surface area (Å²) < 4.78 is 5.66. The molecule has 0 saturated carbocycles. The number of hydrogen-bond acceptors (Lipinski definition) is 4. The molecule has 3 heterocycles. The first kappa shape index (κ1) is 16.2. The molecule has 1 aromatic heterocycles. The molecule has 2 aromatic rings. The van der Waals surface area contributed by atoms with Crippen molar-refractivity contribution in [3.8, 4) is 0 Å². The molecule has 2 aliphatic rings. The van der Waals surface area contributed by atoms with Gasteiger partial charge in [0.25, 0.3) is 0 Å². The molecule has 4 nitrogen and oxygen atoms in total. The number of benzene rings is 1. The number of dihydropyridines is 1. The zero-order valence-electron chi connectivity index (χ0n) is 15.1. The Hall–Kier alpha value is -2.33. The highest BCUT2D eigenvalue weighted by Crippen LogP contribution is 2.34. The fraction of sp³-hybridized carbons (Fsp3) is 0.381. The molecule has 0 bridgehead atoms. The maximum Gasteiger partial charge on any atom is 0.135 e. The van der Waals surface area contributed by atoms with E-state index >= 15 is 0 Å². The zero-order chi connectivity index (χ0) is 17.4. The normalized spacial score (nSPS) is 26.0. The monoisotopic (exact) mass is 335 g/mol. The average Bonchev–Trinajstić information content (AvgIpc) is 3.01. The molecule has 2 aliphatic heterocycles. The molecule has 0 spiro atoms. The fourth-order valence-corrected chi connectivity index (χ4v) is 3.85.